The first-order chi connectivity index (χ1) is 27.5. The number of nitrogens with one attached hydrogen (secondary N) is 2. The number of ketones is 1. The van der Waals surface area contributed by atoms with Crippen LogP contribution in [0.5, 0.6) is 0 Å². The molecular formula is C44H54ClN5O6S. The molecule has 13 heteroatoms. The Labute approximate surface area is 340 Å². The van der Waals surface area contributed by atoms with Crippen molar-refractivity contribution in [2.45, 2.75) is 115 Å². The van der Waals surface area contributed by atoms with Crippen molar-refractivity contribution in [2.24, 2.45) is 0 Å². The van der Waals surface area contributed by atoms with Crippen molar-refractivity contribution in [3.8, 4) is 5.69 Å². The summed E-state index contributed by atoms with van der Waals surface area (Å²) in [6, 6.07) is 19.0. The van der Waals surface area contributed by atoms with Crippen LogP contribution in [0.2, 0.25) is 5.02 Å². The van der Waals surface area contributed by atoms with Crippen molar-refractivity contribution >= 4 is 55.9 Å². The Balaban J connectivity index is 1.25. The van der Waals surface area contributed by atoms with E-state index in [1.54, 1.807) is 19.1 Å². The molecule has 0 bridgehead atoms. The third-order valence-electron chi connectivity index (χ3n) is 10.3. The molecule has 3 N–H and O–H groups in total. The highest BCUT2D eigenvalue weighted by atomic mass is 35.5. The van der Waals surface area contributed by atoms with E-state index in [-0.39, 0.29) is 33.3 Å². The summed E-state index contributed by atoms with van der Waals surface area (Å²) in [6.07, 6.45) is 19.0. The highest BCUT2D eigenvalue weighted by Crippen LogP contribution is 2.33. The lowest BCUT2D eigenvalue weighted by Crippen LogP contribution is -2.33. The number of aromatic carboxylic acids is 1. The van der Waals surface area contributed by atoms with Crippen molar-refractivity contribution < 1.29 is 27.9 Å². The number of sulfonamides is 1. The molecule has 11 nitrogen and oxygen atoms in total. The molecule has 0 aliphatic carbocycles. The SMILES string of the molecule is CCCCCCCCCCCCCCCCNS(=O)(=O)c1ccc(Cl)c(NC(=O)C(C(=O)c2c(C)n(-c3ccccc3)c3ccccc23)n2cc(C(=O)O)cn2)c1. The van der Waals surface area contributed by atoms with Gasteiger partial charge in [0.1, 0.15) is 0 Å². The molecule has 2 heterocycles. The number of benzene rings is 3. The lowest BCUT2D eigenvalue weighted by atomic mass is 10.00. The minimum absolute atomic E-state index is 0.0344. The molecule has 1 amide bonds. The summed E-state index contributed by atoms with van der Waals surface area (Å²) in [7, 11) is -3.96. The van der Waals surface area contributed by atoms with E-state index in [4.69, 9.17) is 11.6 Å². The van der Waals surface area contributed by atoms with E-state index in [0.29, 0.717) is 17.5 Å². The second-order valence-electron chi connectivity index (χ2n) is 14.6. The molecule has 3 aromatic carbocycles. The number of carboxylic acid groups (broad SMARTS) is 1. The standard InChI is InChI=1S/C44H54ClN5O6S/c1-3-4-5-6-7-8-9-10-11-12-13-14-15-21-28-47-57(55,56)35-26-27-37(45)38(29-35)48-43(52)41(49-31-33(30-46-49)44(53)54)42(51)40-32(2)50(34-22-17-16-18-23-34)39-25-20-19-24-36(39)40/h16-20,22-27,29-31,41,47H,3-15,21,28H2,1-2H3,(H,48,52)(H,53,54). The van der Waals surface area contributed by atoms with Gasteiger partial charge in [-0.15, -0.1) is 0 Å². The number of hydrogen-bond acceptors (Lipinski definition) is 6. The number of unbranched alkanes of at least 4 members (excludes halogenated alkanes) is 13. The lowest BCUT2D eigenvalue weighted by molar-refractivity contribution is -0.118. The minimum Gasteiger partial charge on any atom is -0.478 e. The number of carbonyl (C=O) groups is 3. The molecule has 2 aromatic heterocycles. The maximum atomic E-state index is 14.6. The smallest absolute Gasteiger partial charge is 0.338 e. The van der Waals surface area contributed by atoms with E-state index in [1.165, 1.54) is 82.4 Å². The zero-order valence-corrected chi connectivity index (χ0v) is 34.5. The Bertz CT molecular complexity index is 2230. The van der Waals surface area contributed by atoms with Crippen LogP contribution in [0.4, 0.5) is 5.69 Å². The van der Waals surface area contributed by atoms with Gasteiger partial charge in [0, 0.05) is 35.1 Å². The quantitative estimate of drug-likeness (QED) is 0.0318. The number of carbonyl (C=O) groups excluding carboxylic acids is 2. The van der Waals surface area contributed by atoms with E-state index in [1.807, 2.05) is 47.0 Å². The van der Waals surface area contributed by atoms with Gasteiger partial charge in [-0.05, 0) is 49.7 Å². The fourth-order valence-electron chi connectivity index (χ4n) is 7.25. The third-order valence-corrected chi connectivity index (χ3v) is 12.1. The number of anilines is 1. The normalized spacial score (nSPS) is 12.2. The molecule has 304 valence electrons. The summed E-state index contributed by atoms with van der Waals surface area (Å²) < 4.78 is 32.2. The van der Waals surface area contributed by atoms with Gasteiger partial charge in [-0.2, -0.15) is 5.10 Å². The van der Waals surface area contributed by atoms with Gasteiger partial charge in [0.15, 0.2) is 11.8 Å². The Kier molecular flexibility index (Phi) is 16.1. The first-order valence-corrected chi connectivity index (χ1v) is 22.0. The molecule has 57 heavy (non-hydrogen) atoms. The number of nitrogens with zero attached hydrogens (tertiary/aromatic N) is 3. The van der Waals surface area contributed by atoms with Crippen LogP contribution in [-0.2, 0) is 14.8 Å². The predicted molar refractivity (Wildman–Crippen MR) is 226 cm³/mol. The van der Waals surface area contributed by atoms with Crippen LogP contribution in [0.3, 0.4) is 0 Å². The van der Waals surface area contributed by atoms with Crippen LogP contribution in [-0.4, -0.2) is 52.1 Å². The molecule has 0 saturated heterocycles. The van der Waals surface area contributed by atoms with Crippen molar-refractivity contribution in [2.75, 3.05) is 11.9 Å². The van der Waals surface area contributed by atoms with Crippen LogP contribution in [0.25, 0.3) is 16.6 Å². The molecule has 1 unspecified atom stereocenters. The van der Waals surface area contributed by atoms with Crippen molar-refractivity contribution in [3.63, 3.8) is 0 Å². The second kappa shape index (κ2) is 21.1. The molecule has 0 aliphatic heterocycles. The number of Topliss-reactive ketones (excluding diaryl/α,β-unsaturated/α-hetero) is 1. The number of amides is 1. The van der Waals surface area contributed by atoms with E-state index in [2.05, 4.69) is 22.1 Å². The highest BCUT2D eigenvalue weighted by molar-refractivity contribution is 7.89. The van der Waals surface area contributed by atoms with Gasteiger partial charge in [-0.25, -0.2) is 17.9 Å². The Morgan fingerprint density at radius 2 is 1.40 bits per heavy atom. The number of halogens is 1. The minimum atomic E-state index is -3.96. The number of para-hydroxylation sites is 2. The van der Waals surface area contributed by atoms with Gasteiger partial charge in [0.25, 0.3) is 5.91 Å². The fourth-order valence-corrected chi connectivity index (χ4v) is 8.52. The van der Waals surface area contributed by atoms with Crippen LogP contribution in [0, 0.1) is 6.92 Å². The van der Waals surface area contributed by atoms with Gasteiger partial charge in [0.2, 0.25) is 10.0 Å². The molecule has 0 fully saturated rings. The van der Waals surface area contributed by atoms with Crippen LogP contribution in [0.15, 0.2) is 90.1 Å². The van der Waals surface area contributed by atoms with Crippen molar-refractivity contribution in [3.05, 3.63) is 107 Å². The lowest BCUT2D eigenvalue weighted by Gasteiger charge is -2.18. The van der Waals surface area contributed by atoms with Gasteiger partial charge >= 0.3 is 5.97 Å². The molecular weight excluding hydrogens is 762 g/mol. The van der Waals surface area contributed by atoms with E-state index in [0.717, 1.165) is 47.5 Å². The molecule has 1 atom stereocenters. The summed E-state index contributed by atoms with van der Waals surface area (Å²) in [5.41, 5.74) is 2.09. The summed E-state index contributed by atoms with van der Waals surface area (Å²) in [5.74, 6) is -2.82. The predicted octanol–water partition coefficient (Wildman–Crippen LogP) is 10.3. The summed E-state index contributed by atoms with van der Waals surface area (Å²) in [4.78, 5) is 40.5. The molecule has 0 spiro atoms. The number of aromatic nitrogens is 3. The molecule has 0 saturated carbocycles. The maximum Gasteiger partial charge on any atom is 0.338 e. The van der Waals surface area contributed by atoms with Gasteiger partial charge in [-0.1, -0.05) is 138 Å². The van der Waals surface area contributed by atoms with Gasteiger partial charge in [0.05, 0.1) is 32.9 Å². The van der Waals surface area contributed by atoms with E-state index < -0.39 is 33.7 Å². The average molecular weight is 816 g/mol. The summed E-state index contributed by atoms with van der Waals surface area (Å²) >= 11 is 6.49. The van der Waals surface area contributed by atoms with E-state index in [9.17, 15) is 27.9 Å². The van der Waals surface area contributed by atoms with E-state index >= 15 is 0 Å². The largest absolute Gasteiger partial charge is 0.478 e. The van der Waals surface area contributed by atoms with Crippen molar-refractivity contribution in [1.29, 1.82) is 0 Å². The molecule has 0 aliphatic rings. The number of rotatable bonds is 24. The second-order valence-corrected chi connectivity index (χ2v) is 16.7. The Hall–Kier alpha value is -4.78. The Morgan fingerprint density at radius 3 is 2.02 bits per heavy atom. The maximum absolute atomic E-state index is 14.6. The summed E-state index contributed by atoms with van der Waals surface area (Å²) in [5, 5.41) is 17.0. The average Bonchev–Trinajstić information content (AvgIpc) is 3.80. The van der Waals surface area contributed by atoms with Crippen LogP contribution in [0.1, 0.15) is 129 Å². The zero-order valence-electron chi connectivity index (χ0n) is 32.9. The summed E-state index contributed by atoms with van der Waals surface area (Å²) in [6.45, 7) is 4.28. The monoisotopic (exact) mass is 815 g/mol. The van der Waals surface area contributed by atoms with Crippen LogP contribution >= 0.6 is 11.6 Å². The molecule has 5 rings (SSSR count). The van der Waals surface area contributed by atoms with Crippen LogP contribution < -0.4 is 10.0 Å². The highest BCUT2D eigenvalue weighted by Gasteiger charge is 2.35. The molecule has 5 aromatic rings. The zero-order chi connectivity index (χ0) is 40.8. The van der Waals surface area contributed by atoms with Crippen molar-refractivity contribution in [1.82, 2.24) is 19.1 Å². The number of carboxylic acids is 1. The van der Waals surface area contributed by atoms with Gasteiger partial charge in [-0.3, -0.25) is 14.3 Å². The number of fused-ring (bicyclic) bond motifs is 1. The first-order valence-electron chi connectivity index (χ1n) is 20.1. The number of hydrogen-bond donors (Lipinski definition) is 3. The molecule has 0 radical (unpaired) electrons. The fraction of sp³-hybridized carbons (Fsp3) is 0.409. The Morgan fingerprint density at radius 1 is 0.807 bits per heavy atom. The van der Waals surface area contributed by atoms with Gasteiger partial charge < -0.3 is 15.0 Å². The topological polar surface area (TPSA) is 152 Å². The third kappa shape index (κ3) is 11.4. The first kappa shape index (κ1) is 43.3.